The number of rotatable bonds is 7. The predicted octanol–water partition coefficient (Wildman–Crippen LogP) is 6.93. The Morgan fingerprint density at radius 3 is 2.69 bits per heavy atom. The summed E-state index contributed by atoms with van der Waals surface area (Å²) in [6, 6.07) is 4.95. The average molecular weight is 518 g/mol. The molecule has 1 saturated carbocycles. The highest BCUT2D eigenvalue weighted by molar-refractivity contribution is 7.19. The summed E-state index contributed by atoms with van der Waals surface area (Å²) in [4.78, 5) is 16.2. The van der Waals surface area contributed by atoms with Gasteiger partial charge >= 0.3 is 6.61 Å². The minimum absolute atomic E-state index is 0. The zero-order chi connectivity index (χ0) is 25.4. The van der Waals surface area contributed by atoms with E-state index in [9.17, 15) is 8.78 Å². The van der Waals surface area contributed by atoms with Crippen LogP contribution in [-0.4, -0.2) is 53.1 Å². The van der Waals surface area contributed by atoms with Crippen molar-refractivity contribution < 1.29 is 14.9 Å². The Hall–Kier alpha value is -2.36. The zero-order valence-corrected chi connectivity index (χ0v) is 22.0. The number of aryl methyl sites for hydroxylation is 1. The van der Waals surface area contributed by atoms with Gasteiger partial charge in [-0.3, -0.25) is 4.90 Å². The van der Waals surface area contributed by atoms with Crippen LogP contribution in [0.5, 0.6) is 0 Å². The van der Waals surface area contributed by atoms with Gasteiger partial charge in [0.1, 0.15) is 0 Å². The van der Waals surface area contributed by atoms with Gasteiger partial charge in [0.25, 0.3) is 0 Å². The number of pyridine rings is 1. The van der Waals surface area contributed by atoms with Gasteiger partial charge in [-0.1, -0.05) is 13.8 Å². The van der Waals surface area contributed by atoms with E-state index in [2.05, 4.69) is 45.8 Å². The Morgan fingerprint density at radius 2 is 2.03 bits per heavy atom. The number of nitrogens with two attached hydrogens (primary N) is 1. The number of nitrogens with one attached hydrogen (secondary N) is 1. The standard InChI is InChI=1S/C27H35F2N5OS.H2/c1-15(2)23-24(18-10-16(3)26(31-12-18)32-14-30)33-21-11-22(36-25(21)23)17-4-6-19(7-5-17)34-9-8-20(13-34)35-27(28)29;/h10-12,14-15,17,19-20,27,33H,4-9,13H2,1-3H3,(H2,30,31,32);1H. The van der Waals surface area contributed by atoms with Crippen molar-refractivity contribution in [1.82, 2.24) is 14.9 Å². The number of hydrogen-bond donors (Lipinski definition) is 2. The number of fused-ring (bicyclic) bond motifs is 1. The van der Waals surface area contributed by atoms with Crippen molar-refractivity contribution in [1.29, 1.82) is 0 Å². The van der Waals surface area contributed by atoms with Crippen LogP contribution in [-0.2, 0) is 4.74 Å². The summed E-state index contributed by atoms with van der Waals surface area (Å²) in [5, 5.41) is 0. The Kier molecular flexibility index (Phi) is 7.42. The third kappa shape index (κ3) is 5.06. The molecule has 196 valence electrons. The Morgan fingerprint density at radius 1 is 1.25 bits per heavy atom. The minimum Gasteiger partial charge on any atom is -0.390 e. The Balaban J connectivity index is 0.00000320. The van der Waals surface area contributed by atoms with Gasteiger partial charge in [-0.15, -0.1) is 11.3 Å². The molecule has 1 aliphatic carbocycles. The van der Waals surface area contributed by atoms with Gasteiger partial charge in [0.15, 0.2) is 5.82 Å². The lowest BCUT2D eigenvalue weighted by Gasteiger charge is -2.34. The molecule has 36 heavy (non-hydrogen) atoms. The van der Waals surface area contributed by atoms with E-state index in [-0.39, 0.29) is 7.53 Å². The Bertz CT molecular complexity index is 1240. The molecular formula is C27H37F2N5OS. The van der Waals surface area contributed by atoms with E-state index in [4.69, 9.17) is 10.5 Å². The van der Waals surface area contributed by atoms with E-state index in [0.717, 1.165) is 49.0 Å². The molecule has 2 aliphatic rings. The van der Waals surface area contributed by atoms with Crippen LogP contribution in [0.15, 0.2) is 23.3 Å². The fourth-order valence-electron chi connectivity index (χ4n) is 5.98. The monoisotopic (exact) mass is 517 g/mol. The maximum Gasteiger partial charge on any atom is 0.345 e. The molecule has 6 nitrogen and oxygen atoms in total. The van der Waals surface area contributed by atoms with Gasteiger partial charge in [0, 0.05) is 37.2 Å². The van der Waals surface area contributed by atoms with Crippen molar-refractivity contribution in [3.63, 3.8) is 0 Å². The summed E-state index contributed by atoms with van der Waals surface area (Å²) < 4.78 is 31.2. The van der Waals surface area contributed by atoms with Crippen molar-refractivity contribution in [3.05, 3.63) is 34.3 Å². The lowest BCUT2D eigenvalue weighted by Crippen LogP contribution is -2.37. The molecule has 0 spiro atoms. The number of aromatic amines is 1. The first kappa shape index (κ1) is 25.3. The SMILES string of the molecule is Cc1cc(-c2[nH]c3cc(C4CCC(N5CCC(OC(F)F)C5)CC4)sc3c2C(C)C)cnc1N=CN.[HH]. The zero-order valence-electron chi connectivity index (χ0n) is 21.1. The molecule has 1 atom stereocenters. The fraction of sp³-hybridized carbons (Fsp3) is 0.556. The highest BCUT2D eigenvalue weighted by atomic mass is 32.1. The number of hydrogen-bond acceptors (Lipinski definition) is 5. The highest BCUT2D eigenvalue weighted by Crippen LogP contribution is 2.45. The molecule has 3 aromatic rings. The third-order valence-corrected chi connectivity index (χ3v) is 9.06. The molecule has 3 N–H and O–H groups in total. The summed E-state index contributed by atoms with van der Waals surface area (Å²) in [5.41, 5.74) is 11.2. The number of alkyl halides is 2. The summed E-state index contributed by atoms with van der Waals surface area (Å²) in [5.74, 6) is 1.57. The largest absolute Gasteiger partial charge is 0.390 e. The summed E-state index contributed by atoms with van der Waals surface area (Å²) in [6.45, 7) is 5.31. The van der Waals surface area contributed by atoms with Gasteiger partial charge in [-0.05, 0) is 74.1 Å². The second-order valence-electron chi connectivity index (χ2n) is 10.4. The number of halogens is 2. The molecule has 1 aliphatic heterocycles. The van der Waals surface area contributed by atoms with Crippen molar-refractivity contribution >= 4 is 33.7 Å². The van der Waals surface area contributed by atoms with Crippen LogP contribution in [0.2, 0.25) is 0 Å². The smallest absolute Gasteiger partial charge is 0.345 e. The van der Waals surface area contributed by atoms with Crippen molar-refractivity contribution in [2.45, 2.75) is 83.5 Å². The van der Waals surface area contributed by atoms with Gasteiger partial charge in [-0.25, -0.2) is 9.98 Å². The van der Waals surface area contributed by atoms with Gasteiger partial charge in [0.2, 0.25) is 0 Å². The first-order valence-electron chi connectivity index (χ1n) is 12.9. The molecule has 1 saturated heterocycles. The van der Waals surface area contributed by atoms with Crippen LogP contribution in [0.25, 0.3) is 21.5 Å². The quantitative estimate of drug-likeness (QED) is 0.263. The lowest BCUT2D eigenvalue weighted by atomic mass is 9.84. The summed E-state index contributed by atoms with van der Waals surface area (Å²) in [6.07, 6.45) is 8.03. The first-order chi connectivity index (χ1) is 17.3. The number of aliphatic imine (C=N–C) groups is 1. The molecule has 0 amide bonds. The molecule has 0 aromatic carbocycles. The molecule has 1 unspecified atom stereocenters. The van der Waals surface area contributed by atoms with Gasteiger partial charge in [0.05, 0.1) is 28.4 Å². The molecule has 4 heterocycles. The summed E-state index contributed by atoms with van der Waals surface area (Å²) >= 11 is 1.92. The molecular weight excluding hydrogens is 480 g/mol. The van der Waals surface area contributed by atoms with E-state index >= 15 is 0 Å². The van der Waals surface area contributed by atoms with Crippen LogP contribution in [0.4, 0.5) is 14.6 Å². The minimum atomic E-state index is -2.67. The number of ether oxygens (including phenoxy) is 1. The fourth-order valence-corrected chi connectivity index (χ4v) is 7.46. The maximum atomic E-state index is 12.6. The number of likely N-dealkylation sites (tertiary alicyclic amines) is 1. The van der Waals surface area contributed by atoms with E-state index in [1.807, 2.05) is 24.5 Å². The molecule has 2 fully saturated rings. The number of thiophene rings is 1. The topological polar surface area (TPSA) is 79.5 Å². The van der Waals surface area contributed by atoms with Crippen LogP contribution in [0.1, 0.15) is 75.2 Å². The second kappa shape index (κ2) is 10.6. The van der Waals surface area contributed by atoms with Crippen molar-refractivity contribution in [2.75, 3.05) is 13.1 Å². The van der Waals surface area contributed by atoms with Crippen molar-refractivity contribution in [3.8, 4) is 11.3 Å². The third-order valence-electron chi connectivity index (χ3n) is 7.73. The predicted molar refractivity (Wildman–Crippen MR) is 145 cm³/mol. The first-order valence-corrected chi connectivity index (χ1v) is 13.7. The second-order valence-corrected chi connectivity index (χ2v) is 11.5. The molecule has 3 aromatic heterocycles. The van der Waals surface area contributed by atoms with Crippen LogP contribution >= 0.6 is 11.3 Å². The Labute approximate surface area is 216 Å². The van der Waals surface area contributed by atoms with Gasteiger partial charge < -0.3 is 15.5 Å². The molecule has 5 rings (SSSR count). The summed E-state index contributed by atoms with van der Waals surface area (Å²) in [7, 11) is 0. The van der Waals surface area contributed by atoms with Crippen molar-refractivity contribution in [2.24, 2.45) is 10.7 Å². The van der Waals surface area contributed by atoms with Gasteiger partial charge in [-0.2, -0.15) is 8.78 Å². The highest BCUT2D eigenvalue weighted by Gasteiger charge is 2.33. The van der Waals surface area contributed by atoms with E-state index in [1.54, 1.807) is 0 Å². The van der Waals surface area contributed by atoms with Crippen LogP contribution < -0.4 is 5.73 Å². The average Bonchev–Trinajstić information content (AvgIpc) is 3.54. The van der Waals surface area contributed by atoms with E-state index < -0.39 is 6.61 Å². The lowest BCUT2D eigenvalue weighted by molar-refractivity contribution is -0.159. The molecule has 0 bridgehead atoms. The van der Waals surface area contributed by atoms with Crippen LogP contribution in [0, 0.1) is 6.92 Å². The normalized spacial score (nSPS) is 23.7. The van der Waals surface area contributed by atoms with E-state index in [1.165, 1.54) is 27.0 Å². The molecule has 0 radical (unpaired) electrons. The maximum absolute atomic E-state index is 12.6. The number of H-pyrrole nitrogens is 1. The van der Waals surface area contributed by atoms with E-state index in [0.29, 0.717) is 36.7 Å². The molecule has 9 heteroatoms. The van der Waals surface area contributed by atoms with Crippen LogP contribution in [0.3, 0.4) is 0 Å². The number of nitrogens with zero attached hydrogens (tertiary/aromatic N) is 3. The number of aromatic nitrogens is 2.